The molecule has 24 heavy (non-hydrogen) atoms. The molecule has 0 aliphatic carbocycles. The first kappa shape index (κ1) is 16.5. The largest absolute Gasteiger partial charge is 0.489 e. The SMILES string of the molecule is CCOCCn1c(CO)nc2ccc(OCc3ccccc3)cc21. The van der Waals surface area contributed by atoms with Crippen LogP contribution in [0.5, 0.6) is 5.75 Å². The normalized spacial score (nSPS) is 11.1. The van der Waals surface area contributed by atoms with Crippen LogP contribution in [-0.4, -0.2) is 27.9 Å². The van der Waals surface area contributed by atoms with Gasteiger partial charge >= 0.3 is 0 Å². The minimum absolute atomic E-state index is 0.0962. The van der Waals surface area contributed by atoms with Gasteiger partial charge in [-0.1, -0.05) is 30.3 Å². The molecule has 0 atom stereocenters. The number of aromatic nitrogens is 2. The number of rotatable bonds is 8. The second kappa shape index (κ2) is 7.95. The van der Waals surface area contributed by atoms with E-state index in [0.29, 0.717) is 32.2 Å². The number of aliphatic hydroxyl groups excluding tert-OH is 1. The number of fused-ring (bicyclic) bond motifs is 1. The van der Waals surface area contributed by atoms with Crippen molar-refractivity contribution in [2.75, 3.05) is 13.2 Å². The Morgan fingerprint density at radius 3 is 2.71 bits per heavy atom. The van der Waals surface area contributed by atoms with Crippen LogP contribution in [0.2, 0.25) is 0 Å². The van der Waals surface area contributed by atoms with Gasteiger partial charge in [-0.15, -0.1) is 0 Å². The molecule has 3 rings (SSSR count). The predicted octanol–water partition coefficient (Wildman–Crippen LogP) is 3.14. The third kappa shape index (κ3) is 3.75. The lowest BCUT2D eigenvalue weighted by atomic mass is 10.2. The lowest BCUT2D eigenvalue weighted by Gasteiger charge is -2.09. The van der Waals surface area contributed by atoms with E-state index in [0.717, 1.165) is 22.3 Å². The number of nitrogens with zero attached hydrogens (tertiary/aromatic N) is 2. The van der Waals surface area contributed by atoms with E-state index in [9.17, 15) is 5.11 Å². The lowest BCUT2D eigenvalue weighted by Crippen LogP contribution is -2.09. The molecule has 5 nitrogen and oxygen atoms in total. The topological polar surface area (TPSA) is 56.5 Å². The predicted molar refractivity (Wildman–Crippen MR) is 92.9 cm³/mol. The highest BCUT2D eigenvalue weighted by Gasteiger charge is 2.11. The number of aliphatic hydroxyl groups is 1. The molecule has 0 bridgehead atoms. The summed E-state index contributed by atoms with van der Waals surface area (Å²) >= 11 is 0. The fraction of sp³-hybridized carbons (Fsp3) is 0.316. The molecule has 3 aromatic rings. The third-order valence-corrected chi connectivity index (χ3v) is 3.85. The average Bonchev–Trinajstić information content (AvgIpc) is 2.98. The van der Waals surface area contributed by atoms with Gasteiger partial charge in [0.1, 0.15) is 24.8 Å². The van der Waals surface area contributed by atoms with E-state index in [1.54, 1.807) is 0 Å². The Balaban J connectivity index is 1.81. The molecule has 1 heterocycles. The zero-order valence-electron chi connectivity index (χ0n) is 13.8. The minimum atomic E-state index is -0.0962. The van der Waals surface area contributed by atoms with Crippen LogP contribution < -0.4 is 4.74 Å². The summed E-state index contributed by atoms with van der Waals surface area (Å²) in [4.78, 5) is 4.47. The zero-order valence-corrected chi connectivity index (χ0v) is 13.8. The molecule has 0 fully saturated rings. The van der Waals surface area contributed by atoms with Gasteiger partial charge in [-0.3, -0.25) is 0 Å². The van der Waals surface area contributed by atoms with Crippen LogP contribution in [0.4, 0.5) is 0 Å². The van der Waals surface area contributed by atoms with Crippen molar-refractivity contribution >= 4 is 11.0 Å². The summed E-state index contributed by atoms with van der Waals surface area (Å²) in [6, 6.07) is 15.9. The number of imidazole rings is 1. The van der Waals surface area contributed by atoms with Crippen LogP contribution in [-0.2, 0) is 24.5 Å². The smallest absolute Gasteiger partial charge is 0.135 e. The highest BCUT2D eigenvalue weighted by molar-refractivity contribution is 5.77. The van der Waals surface area contributed by atoms with E-state index < -0.39 is 0 Å². The van der Waals surface area contributed by atoms with Crippen molar-refractivity contribution in [3.63, 3.8) is 0 Å². The van der Waals surface area contributed by atoms with E-state index in [1.807, 2.05) is 60.0 Å². The second-order valence-electron chi connectivity index (χ2n) is 5.46. The Kier molecular flexibility index (Phi) is 5.46. The van der Waals surface area contributed by atoms with Gasteiger partial charge in [0, 0.05) is 19.2 Å². The van der Waals surface area contributed by atoms with Crippen molar-refractivity contribution in [1.82, 2.24) is 9.55 Å². The Morgan fingerprint density at radius 2 is 1.96 bits per heavy atom. The van der Waals surface area contributed by atoms with Crippen molar-refractivity contribution in [2.45, 2.75) is 26.7 Å². The highest BCUT2D eigenvalue weighted by Crippen LogP contribution is 2.23. The monoisotopic (exact) mass is 326 g/mol. The van der Waals surface area contributed by atoms with Crippen LogP contribution in [0.25, 0.3) is 11.0 Å². The first-order chi connectivity index (χ1) is 11.8. The summed E-state index contributed by atoms with van der Waals surface area (Å²) in [6.45, 7) is 4.31. The molecule has 2 aromatic carbocycles. The third-order valence-electron chi connectivity index (χ3n) is 3.85. The lowest BCUT2D eigenvalue weighted by molar-refractivity contribution is 0.137. The van der Waals surface area contributed by atoms with Gasteiger partial charge in [0.15, 0.2) is 0 Å². The first-order valence-electron chi connectivity index (χ1n) is 8.16. The molecular formula is C19H22N2O3. The molecule has 126 valence electrons. The highest BCUT2D eigenvalue weighted by atomic mass is 16.5. The van der Waals surface area contributed by atoms with Crippen LogP contribution in [0.15, 0.2) is 48.5 Å². The molecule has 0 saturated carbocycles. The Bertz CT molecular complexity index is 784. The standard InChI is InChI=1S/C19H22N2O3/c1-2-23-11-10-21-18-12-16(8-9-17(18)20-19(21)13-22)24-14-15-6-4-3-5-7-15/h3-9,12,22H,2,10-11,13-14H2,1H3. The van der Waals surface area contributed by atoms with Gasteiger partial charge in [-0.2, -0.15) is 0 Å². The summed E-state index contributed by atoms with van der Waals surface area (Å²) in [5.41, 5.74) is 2.92. The van der Waals surface area contributed by atoms with E-state index in [4.69, 9.17) is 9.47 Å². The summed E-state index contributed by atoms with van der Waals surface area (Å²) < 4.78 is 13.3. The summed E-state index contributed by atoms with van der Waals surface area (Å²) in [7, 11) is 0. The van der Waals surface area contributed by atoms with Crippen LogP contribution in [0, 0.1) is 0 Å². The molecule has 0 spiro atoms. The van der Waals surface area contributed by atoms with E-state index in [2.05, 4.69) is 4.98 Å². The maximum Gasteiger partial charge on any atom is 0.135 e. The van der Waals surface area contributed by atoms with Gasteiger partial charge in [-0.05, 0) is 24.6 Å². The Labute approximate surface area is 141 Å². The maximum atomic E-state index is 9.54. The van der Waals surface area contributed by atoms with E-state index >= 15 is 0 Å². The average molecular weight is 326 g/mol. The van der Waals surface area contributed by atoms with E-state index in [-0.39, 0.29) is 6.61 Å². The van der Waals surface area contributed by atoms with Crippen molar-refractivity contribution in [3.8, 4) is 5.75 Å². The maximum absolute atomic E-state index is 9.54. The molecule has 1 aromatic heterocycles. The summed E-state index contributed by atoms with van der Waals surface area (Å²) in [6.07, 6.45) is 0. The molecule has 0 aliphatic heterocycles. The molecule has 0 aliphatic rings. The van der Waals surface area contributed by atoms with Crippen LogP contribution in [0.3, 0.4) is 0 Å². The number of ether oxygens (including phenoxy) is 2. The van der Waals surface area contributed by atoms with Crippen molar-refractivity contribution in [1.29, 1.82) is 0 Å². The molecule has 0 radical (unpaired) electrons. The number of hydrogen-bond donors (Lipinski definition) is 1. The van der Waals surface area contributed by atoms with Gasteiger partial charge in [-0.25, -0.2) is 4.98 Å². The van der Waals surface area contributed by atoms with Crippen LogP contribution in [0.1, 0.15) is 18.3 Å². The molecular weight excluding hydrogens is 304 g/mol. The zero-order chi connectivity index (χ0) is 16.8. The van der Waals surface area contributed by atoms with Gasteiger partial charge in [0.25, 0.3) is 0 Å². The van der Waals surface area contributed by atoms with Gasteiger partial charge < -0.3 is 19.1 Å². The molecule has 0 unspecified atom stereocenters. The number of hydrogen-bond acceptors (Lipinski definition) is 4. The molecule has 0 amide bonds. The first-order valence-corrected chi connectivity index (χ1v) is 8.16. The van der Waals surface area contributed by atoms with Crippen molar-refractivity contribution < 1.29 is 14.6 Å². The second-order valence-corrected chi connectivity index (χ2v) is 5.46. The number of benzene rings is 2. The fourth-order valence-corrected chi connectivity index (χ4v) is 2.65. The Hall–Kier alpha value is -2.37. The fourth-order valence-electron chi connectivity index (χ4n) is 2.65. The summed E-state index contributed by atoms with van der Waals surface area (Å²) in [5, 5.41) is 9.54. The van der Waals surface area contributed by atoms with E-state index in [1.165, 1.54) is 0 Å². The van der Waals surface area contributed by atoms with Crippen molar-refractivity contribution in [2.24, 2.45) is 0 Å². The summed E-state index contributed by atoms with van der Waals surface area (Å²) in [5.74, 6) is 1.43. The van der Waals surface area contributed by atoms with Crippen LogP contribution >= 0.6 is 0 Å². The van der Waals surface area contributed by atoms with Crippen molar-refractivity contribution in [3.05, 3.63) is 59.9 Å². The van der Waals surface area contributed by atoms with Gasteiger partial charge in [0.2, 0.25) is 0 Å². The van der Waals surface area contributed by atoms with Gasteiger partial charge in [0.05, 0.1) is 17.6 Å². The minimum Gasteiger partial charge on any atom is -0.489 e. The Morgan fingerprint density at radius 1 is 1.12 bits per heavy atom. The molecule has 1 N–H and O–H groups in total. The quantitative estimate of drug-likeness (QED) is 0.646. The molecule has 5 heteroatoms. The molecule has 0 saturated heterocycles.